The summed E-state index contributed by atoms with van der Waals surface area (Å²) >= 11 is 9.35. The van der Waals surface area contributed by atoms with Gasteiger partial charge in [-0.2, -0.15) is 0 Å². The van der Waals surface area contributed by atoms with Gasteiger partial charge in [0.15, 0.2) is 0 Å². The van der Waals surface area contributed by atoms with Gasteiger partial charge in [-0.05, 0) is 43.1 Å². The van der Waals surface area contributed by atoms with Crippen molar-refractivity contribution in [3.63, 3.8) is 0 Å². The van der Waals surface area contributed by atoms with Crippen LogP contribution in [0.2, 0.25) is 5.15 Å². The fourth-order valence-electron chi connectivity index (χ4n) is 1.89. The van der Waals surface area contributed by atoms with Crippen LogP contribution in [0.4, 0.5) is 0 Å². The molecule has 0 radical (unpaired) electrons. The van der Waals surface area contributed by atoms with E-state index < -0.39 is 0 Å². The van der Waals surface area contributed by atoms with Crippen LogP contribution in [-0.2, 0) is 6.42 Å². The molecule has 0 saturated carbocycles. The smallest absolute Gasteiger partial charge is 0.129 e. The lowest BCUT2D eigenvalue weighted by Crippen LogP contribution is -2.21. The number of hydrogen-bond acceptors (Lipinski definition) is 2. The maximum Gasteiger partial charge on any atom is 0.129 e. The summed E-state index contributed by atoms with van der Waals surface area (Å²) in [6.45, 7) is 3.05. The molecule has 1 aromatic carbocycles. The summed E-state index contributed by atoms with van der Waals surface area (Å²) in [6, 6.07) is 12.4. The Hall–Kier alpha value is -0.900. The first-order chi connectivity index (χ1) is 9.16. The van der Waals surface area contributed by atoms with Crippen molar-refractivity contribution >= 4 is 27.5 Å². The molecule has 0 fully saturated rings. The summed E-state index contributed by atoms with van der Waals surface area (Å²) < 4.78 is 1.16. The largest absolute Gasteiger partial charge is 0.310 e. The minimum atomic E-state index is 0.271. The predicted molar refractivity (Wildman–Crippen MR) is 83.5 cm³/mol. The molecule has 0 aliphatic rings. The van der Waals surface area contributed by atoms with Crippen molar-refractivity contribution in [2.24, 2.45) is 0 Å². The SMILES string of the molecule is CC(NCCc1ccccc1Br)c1ccc(Cl)nc1. The van der Waals surface area contributed by atoms with Crippen LogP contribution in [0.3, 0.4) is 0 Å². The Morgan fingerprint density at radius 1 is 1.26 bits per heavy atom. The third-order valence-corrected chi connectivity index (χ3v) is 4.05. The molecule has 1 N–H and O–H groups in total. The van der Waals surface area contributed by atoms with Crippen LogP contribution >= 0.6 is 27.5 Å². The molecule has 1 heterocycles. The second-order valence-electron chi connectivity index (χ2n) is 4.43. The molecule has 100 valence electrons. The molecule has 1 unspecified atom stereocenters. The highest BCUT2D eigenvalue weighted by Crippen LogP contribution is 2.17. The fraction of sp³-hybridized carbons (Fsp3) is 0.267. The van der Waals surface area contributed by atoms with Crippen molar-refractivity contribution in [2.75, 3.05) is 6.54 Å². The van der Waals surface area contributed by atoms with Gasteiger partial charge in [0.25, 0.3) is 0 Å². The number of pyridine rings is 1. The molecule has 2 rings (SSSR count). The molecule has 2 aromatic rings. The number of nitrogens with one attached hydrogen (secondary N) is 1. The van der Waals surface area contributed by atoms with E-state index in [0.717, 1.165) is 23.0 Å². The van der Waals surface area contributed by atoms with E-state index in [0.29, 0.717) is 5.15 Å². The predicted octanol–water partition coefficient (Wildman–Crippen LogP) is 4.39. The van der Waals surface area contributed by atoms with Crippen molar-refractivity contribution in [1.82, 2.24) is 10.3 Å². The third kappa shape index (κ3) is 4.30. The van der Waals surface area contributed by atoms with Crippen LogP contribution in [0.25, 0.3) is 0 Å². The highest BCUT2D eigenvalue weighted by Gasteiger charge is 2.05. The van der Waals surface area contributed by atoms with Gasteiger partial charge in [0, 0.05) is 16.7 Å². The first-order valence-corrected chi connectivity index (χ1v) is 7.42. The van der Waals surface area contributed by atoms with E-state index in [4.69, 9.17) is 11.6 Å². The Morgan fingerprint density at radius 3 is 2.74 bits per heavy atom. The van der Waals surface area contributed by atoms with Gasteiger partial charge < -0.3 is 5.32 Å². The van der Waals surface area contributed by atoms with Gasteiger partial charge in [-0.15, -0.1) is 0 Å². The van der Waals surface area contributed by atoms with Crippen LogP contribution in [-0.4, -0.2) is 11.5 Å². The van der Waals surface area contributed by atoms with E-state index in [1.165, 1.54) is 5.56 Å². The third-order valence-electron chi connectivity index (χ3n) is 3.05. The summed E-state index contributed by atoms with van der Waals surface area (Å²) in [6.07, 6.45) is 2.81. The molecular formula is C15H16BrClN2. The summed E-state index contributed by atoms with van der Waals surface area (Å²) in [5.41, 5.74) is 2.47. The molecular weight excluding hydrogens is 324 g/mol. The average Bonchev–Trinajstić information content (AvgIpc) is 2.41. The summed E-state index contributed by atoms with van der Waals surface area (Å²) in [7, 11) is 0. The van der Waals surface area contributed by atoms with Gasteiger partial charge in [0.05, 0.1) is 0 Å². The first-order valence-electron chi connectivity index (χ1n) is 6.25. The van der Waals surface area contributed by atoms with E-state index >= 15 is 0 Å². The van der Waals surface area contributed by atoms with E-state index in [2.05, 4.69) is 51.4 Å². The number of hydrogen-bond donors (Lipinski definition) is 1. The van der Waals surface area contributed by atoms with Gasteiger partial charge in [-0.1, -0.05) is 51.8 Å². The van der Waals surface area contributed by atoms with Crippen molar-refractivity contribution in [1.29, 1.82) is 0 Å². The lowest BCUT2D eigenvalue weighted by molar-refractivity contribution is 0.575. The minimum Gasteiger partial charge on any atom is -0.310 e. The summed E-state index contributed by atoms with van der Waals surface area (Å²) in [5.74, 6) is 0. The van der Waals surface area contributed by atoms with Crippen molar-refractivity contribution in [3.8, 4) is 0 Å². The van der Waals surface area contributed by atoms with Crippen LogP contribution in [0.1, 0.15) is 24.1 Å². The zero-order valence-corrected chi connectivity index (χ0v) is 13.1. The van der Waals surface area contributed by atoms with E-state index in [-0.39, 0.29) is 6.04 Å². The molecule has 1 aromatic heterocycles. The molecule has 0 spiro atoms. The quantitative estimate of drug-likeness (QED) is 0.817. The second-order valence-corrected chi connectivity index (χ2v) is 5.67. The van der Waals surface area contributed by atoms with Crippen LogP contribution in [0.15, 0.2) is 47.1 Å². The van der Waals surface area contributed by atoms with Gasteiger partial charge in [-0.25, -0.2) is 4.98 Å². The molecule has 1 atom stereocenters. The highest BCUT2D eigenvalue weighted by atomic mass is 79.9. The van der Waals surface area contributed by atoms with E-state index in [1.807, 2.05) is 24.4 Å². The Balaban J connectivity index is 1.86. The molecule has 19 heavy (non-hydrogen) atoms. The van der Waals surface area contributed by atoms with Crippen LogP contribution in [0, 0.1) is 0 Å². The molecule has 0 bridgehead atoms. The van der Waals surface area contributed by atoms with Crippen LogP contribution in [0.5, 0.6) is 0 Å². The Morgan fingerprint density at radius 2 is 2.05 bits per heavy atom. The van der Waals surface area contributed by atoms with E-state index in [9.17, 15) is 0 Å². The Labute approximate surface area is 127 Å². The van der Waals surface area contributed by atoms with Crippen LogP contribution < -0.4 is 5.32 Å². The van der Waals surface area contributed by atoms with Crippen molar-refractivity contribution < 1.29 is 0 Å². The summed E-state index contributed by atoms with van der Waals surface area (Å²) in [5, 5.41) is 4.02. The molecule has 0 amide bonds. The maximum atomic E-state index is 5.78. The van der Waals surface area contributed by atoms with E-state index in [1.54, 1.807) is 0 Å². The van der Waals surface area contributed by atoms with Gasteiger partial charge in [0.2, 0.25) is 0 Å². The lowest BCUT2D eigenvalue weighted by Gasteiger charge is -2.14. The number of benzene rings is 1. The van der Waals surface area contributed by atoms with Crippen molar-refractivity contribution in [2.45, 2.75) is 19.4 Å². The number of halogens is 2. The molecule has 0 aliphatic heterocycles. The summed E-state index contributed by atoms with van der Waals surface area (Å²) in [4.78, 5) is 4.10. The molecule has 0 saturated heterocycles. The Kier molecular flexibility index (Phi) is 5.37. The number of rotatable bonds is 5. The monoisotopic (exact) mass is 338 g/mol. The molecule has 2 nitrogen and oxygen atoms in total. The first kappa shape index (κ1) is 14.5. The zero-order valence-electron chi connectivity index (χ0n) is 10.7. The minimum absolute atomic E-state index is 0.271. The number of nitrogens with zero attached hydrogens (tertiary/aromatic N) is 1. The van der Waals surface area contributed by atoms with Gasteiger partial charge in [0.1, 0.15) is 5.15 Å². The van der Waals surface area contributed by atoms with Gasteiger partial charge in [-0.3, -0.25) is 0 Å². The zero-order chi connectivity index (χ0) is 13.7. The normalized spacial score (nSPS) is 12.4. The lowest BCUT2D eigenvalue weighted by atomic mass is 10.1. The topological polar surface area (TPSA) is 24.9 Å². The average molecular weight is 340 g/mol. The second kappa shape index (κ2) is 7.04. The Bertz CT molecular complexity index is 528. The van der Waals surface area contributed by atoms with Crippen molar-refractivity contribution in [3.05, 3.63) is 63.3 Å². The fourth-order valence-corrected chi connectivity index (χ4v) is 2.48. The maximum absolute atomic E-state index is 5.78. The molecule has 0 aliphatic carbocycles. The highest BCUT2D eigenvalue weighted by molar-refractivity contribution is 9.10. The number of aromatic nitrogens is 1. The molecule has 4 heteroatoms. The van der Waals surface area contributed by atoms with Gasteiger partial charge >= 0.3 is 0 Å². The standard InChI is InChI=1S/C15H16BrClN2/c1-11(13-6-7-15(17)19-10-13)18-9-8-12-4-2-3-5-14(12)16/h2-7,10-11,18H,8-9H2,1H3.